The van der Waals surface area contributed by atoms with Gasteiger partial charge in [-0.2, -0.15) is 0 Å². The first-order valence-corrected chi connectivity index (χ1v) is 10.1. The van der Waals surface area contributed by atoms with E-state index in [-0.39, 0.29) is 11.0 Å². The zero-order chi connectivity index (χ0) is 16.2. The third-order valence-electron chi connectivity index (χ3n) is 7.64. The summed E-state index contributed by atoms with van der Waals surface area (Å²) in [5.74, 6) is 2.99. The molecule has 1 aromatic carbocycles. The molecule has 0 aliphatic heterocycles. The lowest BCUT2D eigenvalue weighted by molar-refractivity contribution is -0.132. The fraction of sp³-hybridized carbons (Fsp3) is 0.682. The summed E-state index contributed by atoms with van der Waals surface area (Å²) in [4.78, 5) is 13.5. The Morgan fingerprint density at radius 3 is 1.96 bits per heavy atom. The molecule has 24 heavy (non-hydrogen) atoms. The van der Waals surface area contributed by atoms with E-state index in [2.05, 4.69) is 35.6 Å². The van der Waals surface area contributed by atoms with Gasteiger partial charge in [-0.1, -0.05) is 43.2 Å². The van der Waals surface area contributed by atoms with E-state index < -0.39 is 0 Å². The predicted molar refractivity (Wildman–Crippen MR) is 95.6 cm³/mol. The molecule has 0 aromatic heterocycles. The molecule has 1 amide bonds. The molecule has 0 spiro atoms. The van der Waals surface area contributed by atoms with Crippen molar-refractivity contribution in [3.63, 3.8) is 0 Å². The largest absolute Gasteiger partial charge is 0.350 e. The highest BCUT2D eigenvalue weighted by Crippen LogP contribution is 2.56. The summed E-state index contributed by atoms with van der Waals surface area (Å²) < 4.78 is 0. The molecular formula is C22H29NO. The molecule has 4 bridgehead atoms. The summed E-state index contributed by atoms with van der Waals surface area (Å²) in [5.41, 5.74) is 1.12. The molecule has 0 heterocycles. The molecule has 0 atom stereocenters. The van der Waals surface area contributed by atoms with Crippen LogP contribution >= 0.6 is 0 Å². The van der Waals surface area contributed by atoms with Crippen LogP contribution in [0.25, 0.3) is 0 Å². The van der Waals surface area contributed by atoms with Gasteiger partial charge in [0.15, 0.2) is 0 Å². The molecule has 1 aromatic rings. The molecule has 5 saturated carbocycles. The van der Waals surface area contributed by atoms with Crippen molar-refractivity contribution in [2.24, 2.45) is 17.8 Å². The summed E-state index contributed by atoms with van der Waals surface area (Å²) in [6, 6.07) is 10.6. The average molecular weight is 323 g/mol. The molecule has 128 valence electrons. The minimum Gasteiger partial charge on any atom is -0.350 e. The Bertz CT molecular complexity index is 593. The summed E-state index contributed by atoms with van der Waals surface area (Å²) in [6.45, 7) is 0. The Labute approximate surface area is 145 Å². The lowest BCUT2D eigenvalue weighted by Crippen LogP contribution is -2.62. The predicted octanol–water partition coefficient (Wildman–Crippen LogP) is 4.58. The number of benzene rings is 1. The second kappa shape index (κ2) is 5.34. The zero-order valence-electron chi connectivity index (χ0n) is 14.6. The van der Waals surface area contributed by atoms with E-state index in [0.717, 1.165) is 30.6 Å². The monoisotopic (exact) mass is 323 g/mol. The Morgan fingerprint density at radius 1 is 0.875 bits per heavy atom. The second-order valence-electron chi connectivity index (χ2n) is 9.31. The van der Waals surface area contributed by atoms with Gasteiger partial charge in [-0.05, 0) is 74.7 Å². The quantitative estimate of drug-likeness (QED) is 0.866. The number of hydrogen-bond acceptors (Lipinski definition) is 1. The van der Waals surface area contributed by atoms with Gasteiger partial charge in [0.25, 0.3) is 0 Å². The van der Waals surface area contributed by atoms with Gasteiger partial charge in [-0.15, -0.1) is 0 Å². The van der Waals surface area contributed by atoms with E-state index in [4.69, 9.17) is 0 Å². The molecule has 0 saturated heterocycles. The first kappa shape index (κ1) is 15.0. The van der Waals surface area contributed by atoms with Crippen LogP contribution in [-0.2, 0) is 10.2 Å². The maximum Gasteiger partial charge on any atom is 0.231 e. The number of carbonyl (C=O) groups is 1. The van der Waals surface area contributed by atoms with E-state index in [1.165, 1.54) is 56.9 Å². The second-order valence-corrected chi connectivity index (χ2v) is 9.31. The maximum absolute atomic E-state index is 13.5. The van der Waals surface area contributed by atoms with Gasteiger partial charge in [0.2, 0.25) is 5.91 Å². The highest BCUT2D eigenvalue weighted by atomic mass is 16.2. The summed E-state index contributed by atoms with van der Waals surface area (Å²) in [5, 5.41) is 3.67. The number of amides is 1. The summed E-state index contributed by atoms with van der Waals surface area (Å²) in [7, 11) is 0. The van der Waals surface area contributed by atoms with Crippen LogP contribution < -0.4 is 5.32 Å². The van der Waals surface area contributed by atoms with Crippen molar-refractivity contribution in [2.75, 3.05) is 0 Å². The molecule has 6 rings (SSSR count). The highest BCUT2D eigenvalue weighted by Gasteiger charge is 2.53. The van der Waals surface area contributed by atoms with Crippen LogP contribution in [0.3, 0.4) is 0 Å². The van der Waals surface area contributed by atoms with Crippen molar-refractivity contribution in [3.8, 4) is 0 Å². The molecule has 0 unspecified atom stereocenters. The van der Waals surface area contributed by atoms with Crippen LogP contribution in [0.5, 0.6) is 0 Å². The smallest absolute Gasteiger partial charge is 0.231 e. The molecule has 5 fully saturated rings. The van der Waals surface area contributed by atoms with Gasteiger partial charge in [0.1, 0.15) is 0 Å². The molecule has 2 heteroatoms. The fourth-order valence-electron chi connectivity index (χ4n) is 7.01. The SMILES string of the molecule is O=C(NC12CC3CC(CC(C3)C1)C2)C1(c2ccccc2)CCCC1. The van der Waals surface area contributed by atoms with Gasteiger partial charge in [0, 0.05) is 5.54 Å². The van der Waals surface area contributed by atoms with Gasteiger partial charge >= 0.3 is 0 Å². The third kappa shape index (κ3) is 2.25. The third-order valence-corrected chi connectivity index (χ3v) is 7.64. The number of carbonyl (C=O) groups excluding carboxylic acids is 1. The lowest BCUT2D eigenvalue weighted by Gasteiger charge is -2.57. The van der Waals surface area contributed by atoms with Gasteiger partial charge < -0.3 is 5.32 Å². The number of hydrogen-bond donors (Lipinski definition) is 1. The molecular weight excluding hydrogens is 294 g/mol. The first-order chi connectivity index (χ1) is 11.7. The number of nitrogens with one attached hydrogen (secondary N) is 1. The standard InChI is InChI=1S/C22H29NO/c24-20(22(8-4-5-9-22)19-6-2-1-3-7-19)23-21-13-16-10-17(14-21)12-18(11-16)15-21/h1-3,6-7,16-18H,4-5,8-15H2,(H,23,24). The van der Waals surface area contributed by atoms with Crippen molar-refractivity contribution in [1.82, 2.24) is 5.32 Å². The zero-order valence-corrected chi connectivity index (χ0v) is 14.6. The van der Waals surface area contributed by atoms with Crippen LogP contribution in [0.1, 0.15) is 69.8 Å². The normalized spacial score (nSPS) is 39.1. The Balaban J connectivity index is 1.43. The minimum absolute atomic E-state index is 0.135. The molecule has 0 radical (unpaired) electrons. The van der Waals surface area contributed by atoms with Crippen LogP contribution in [0, 0.1) is 17.8 Å². The van der Waals surface area contributed by atoms with Gasteiger partial charge in [0.05, 0.1) is 5.41 Å². The van der Waals surface area contributed by atoms with Crippen LogP contribution in [0.2, 0.25) is 0 Å². The van der Waals surface area contributed by atoms with E-state index in [1.54, 1.807) is 0 Å². The summed E-state index contributed by atoms with van der Waals surface area (Å²) in [6.07, 6.45) is 12.4. The maximum atomic E-state index is 13.5. The van der Waals surface area contributed by atoms with Crippen LogP contribution in [-0.4, -0.2) is 11.4 Å². The van der Waals surface area contributed by atoms with E-state index in [1.807, 2.05) is 0 Å². The topological polar surface area (TPSA) is 29.1 Å². The molecule has 5 aliphatic rings. The van der Waals surface area contributed by atoms with E-state index in [9.17, 15) is 4.79 Å². The number of rotatable bonds is 3. The van der Waals surface area contributed by atoms with Gasteiger partial charge in [-0.25, -0.2) is 0 Å². The first-order valence-electron chi connectivity index (χ1n) is 10.1. The van der Waals surface area contributed by atoms with Gasteiger partial charge in [-0.3, -0.25) is 4.79 Å². The Morgan fingerprint density at radius 2 is 1.42 bits per heavy atom. The molecule has 2 nitrogen and oxygen atoms in total. The molecule has 1 N–H and O–H groups in total. The fourth-order valence-corrected chi connectivity index (χ4v) is 7.01. The molecule has 5 aliphatic carbocycles. The Hall–Kier alpha value is -1.31. The van der Waals surface area contributed by atoms with Crippen molar-refractivity contribution >= 4 is 5.91 Å². The van der Waals surface area contributed by atoms with E-state index in [0.29, 0.717) is 5.91 Å². The van der Waals surface area contributed by atoms with Crippen molar-refractivity contribution in [1.29, 1.82) is 0 Å². The van der Waals surface area contributed by atoms with Crippen molar-refractivity contribution in [2.45, 2.75) is 75.2 Å². The van der Waals surface area contributed by atoms with Crippen LogP contribution in [0.15, 0.2) is 30.3 Å². The van der Waals surface area contributed by atoms with Crippen molar-refractivity contribution in [3.05, 3.63) is 35.9 Å². The van der Waals surface area contributed by atoms with Crippen molar-refractivity contribution < 1.29 is 4.79 Å². The Kier molecular flexibility index (Phi) is 3.34. The summed E-state index contributed by atoms with van der Waals surface area (Å²) >= 11 is 0. The lowest BCUT2D eigenvalue weighted by atomic mass is 9.53. The van der Waals surface area contributed by atoms with E-state index >= 15 is 0 Å². The highest BCUT2D eigenvalue weighted by molar-refractivity contribution is 5.89. The van der Waals surface area contributed by atoms with Crippen LogP contribution in [0.4, 0.5) is 0 Å². The minimum atomic E-state index is -0.259. The average Bonchev–Trinajstić information content (AvgIpc) is 3.05.